The van der Waals surface area contributed by atoms with Gasteiger partial charge in [0.15, 0.2) is 5.96 Å². The van der Waals surface area contributed by atoms with Crippen molar-refractivity contribution < 1.29 is 5.11 Å². The zero-order valence-corrected chi connectivity index (χ0v) is 17.4. The van der Waals surface area contributed by atoms with Crippen molar-refractivity contribution in [3.05, 3.63) is 35.9 Å². The fourth-order valence-corrected chi connectivity index (χ4v) is 4.12. The van der Waals surface area contributed by atoms with Gasteiger partial charge in [-0.3, -0.25) is 9.89 Å². The largest absolute Gasteiger partial charge is 0.394 e. The van der Waals surface area contributed by atoms with Crippen LogP contribution in [0.1, 0.15) is 38.2 Å². The quantitative estimate of drug-likeness (QED) is 0.348. The predicted molar refractivity (Wildman–Crippen MR) is 113 cm³/mol. The first kappa shape index (κ1) is 20.5. The van der Waals surface area contributed by atoms with Crippen LogP contribution in [0.2, 0.25) is 0 Å². The van der Waals surface area contributed by atoms with Gasteiger partial charge >= 0.3 is 0 Å². The molecule has 0 aliphatic carbocycles. The van der Waals surface area contributed by atoms with Crippen molar-refractivity contribution in [3.8, 4) is 0 Å². The number of guanidine groups is 1. The highest BCUT2D eigenvalue weighted by Crippen LogP contribution is 2.36. The summed E-state index contributed by atoms with van der Waals surface area (Å²) in [6, 6.07) is 12.6. The van der Waals surface area contributed by atoms with Gasteiger partial charge in [-0.05, 0) is 38.2 Å². The van der Waals surface area contributed by atoms with Crippen LogP contribution in [0.3, 0.4) is 0 Å². The maximum Gasteiger partial charge on any atom is 0.191 e. The van der Waals surface area contributed by atoms with Gasteiger partial charge in [-0.25, -0.2) is 0 Å². The molecule has 0 spiro atoms. The Morgan fingerprint density at radius 2 is 1.88 bits per heavy atom. The summed E-state index contributed by atoms with van der Waals surface area (Å²) in [6.45, 7) is 4.53. The van der Waals surface area contributed by atoms with Crippen molar-refractivity contribution in [1.29, 1.82) is 0 Å². The maximum atomic E-state index is 8.99. The van der Waals surface area contributed by atoms with Crippen molar-refractivity contribution >= 4 is 29.9 Å². The number of nitrogens with one attached hydrogen (secondary N) is 2. The van der Waals surface area contributed by atoms with Crippen LogP contribution < -0.4 is 10.6 Å². The molecule has 0 amide bonds. The van der Waals surface area contributed by atoms with Crippen molar-refractivity contribution in [2.24, 2.45) is 4.99 Å². The summed E-state index contributed by atoms with van der Waals surface area (Å²) >= 11 is 0. The molecule has 5 nitrogen and oxygen atoms in total. The molecule has 0 aromatic heterocycles. The van der Waals surface area contributed by atoms with Crippen LogP contribution in [-0.4, -0.2) is 53.8 Å². The van der Waals surface area contributed by atoms with E-state index in [4.69, 9.17) is 5.11 Å². The van der Waals surface area contributed by atoms with E-state index >= 15 is 0 Å². The van der Waals surface area contributed by atoms with Crippen molar-refractivity contribution in [2.45, 2.75) is 57.3 Å². The van der Waals surface area contributed by atoms with E-state index in [2.05, 4.69) is 57.8 Å². The first-order chi connectivity index (χ1) is 11.8. The molecule has 6 heteroatoms. The molecule has 25 heavy (non-hydrogen) atoms. The Morgan fingerprint density at radius 3 is 2.48 bits per heavy atom. The monoisotopic (exact) mass is 458 g/mol. The Bertz CT molecular complexity index is 525. The average Bonchev–Trinajstić information content (AvgIpc) is 2.83. The second-order valence-electron chi connectivity index (χ2n) is 6.84. The second kappa shape index (κ2) is 10.3. The third-order valence-electron chi connectivity index (χ3n) is 5.15. The lowest BCUT2D eigenvalue weighted by molar-refractivity contribution is 0.114. The summed E-state index contributed by atoms with van der Waals surface area (Å²) in [7, 11) is 0. The van der Waals surface area contributed by atoms with Gasteiger partial charge in [0, 0.05) is 31.2 Å². The van der Waals surface area contributed by atoms with Gasteiger partial charge in [-0.15, -0.1) is 24.0 Å². The van der Waals surface area contributed by atoms with Gasteiger partial charge < -0.3 is 15.7 Å². The Morgan fingerprint density at radius 1 is 1.20 bits per heavy atom. The van der Waals surface area contributed by atoms with E-state index in [1.165, 1.54) is 31.2 Å². The summed E-state index contributed by atoms with van der Waals surface area (Å²) in [6.07, 6.45) is 4.96. The molecule has 2 aliphatic rings. The Hall–Kier alpha value is -0.860. The van der Waals surface area contributed by atoms with Gasteiger partial charge in [-0.1, -0.05) is 30.3 Å². The highest BCUT2D eigenvalue weighted by molar-refractivity contribution is 14.0. The van der Waals surface area contributed by atoms with Crippen LogP contribution in [0.25, 0.3) is 0 Å². The summed E-state index contributed by atoms with van der Waals surface area (Å²) in [4.78, 5) is 7.11. The van der Waals surface area contributed by atoms with Gasteiger partial charge in [0.1, 0.15) is 0 Å². The molecular weight excluding hydrogens is 427 g/mol. The zero-order valence-electron chi connectivity index (χ0n) is 15.0. The molecule has 2 atom stereocenters. The third kappa shape index (κ3) is 5.56. The Labute approximate surface area is 168 Å². The van der Waals surface area contributed by atoms with Crippen LogP contribution in [0.15, 0.2) is 35.3 Å². The number of fused-ring (bicyclic) bond motifs is 2. The molecule has 3 N–H and O–H groups in total. The van der Waals surface area contributed by atoms with E-state index in [0.29, 0.717) is 24.7 Å². The maximum absolute atomic E-state index is 8.99. The molecule has 1 aromatic carbocycles. The van der Waals surface area contributed by atoms with E-state index in [1.54, 1.807) is 0 Å². The molecule has 1 aromatic rings. The molecule has 2 unspecified atom stereocenters. The van der Waals surface area contributed by atoms with Gasteiger partial charge in [0.05, 0.1) is 13.2 Å². The van der Waals surface area contributed by atoms with Crippen molar-refractivity contribution in [3.63, 3.8) is 0 Å². The SMILES string of the molecule is CCNC(=NCCO)NC1CC2CCC(C1)N2Cc1ccccc1.I. The first-order valence-corrected chi connectivity index (χ1v) is 9.25. The molecule has 140 valence electrons. The van der Waals surface area contributed by atoms with E-state index in [9.17, 15) is 0 Å². The Kier molecular flexibility index (Phi) is 8.45. The summed E-state index contributed by atoms with van der Waals surface area (Å²) in [5, 5.41) is 15.8. The lowest BCUT2D eigenvalue weighted by Crippen LogP contribution is -2.52. The number of benzene rings is 1. The molecule has 2 heterocycles. The first-order valence-electron chi connectivity index (χ1n) is 9.25. The van der Waals surface area contributed by atoms with Crippen molar-refractivity contribution in [2.75, 3.05) is 19.7 Å². The molecule has 2 saturated heterocycles. The number of nitrogens with zero attached hydrogens (tertiary/aromatic N) is 2. The summed E-state index contributed by atoms with van der Waals surface area (Å²) in [5.74, 6) is 0.840. The van der Waals surface area contributed by atoms with Crippen LogP contribution >= 0.6 is 24.0 Å². The normalized spacial score (nSPS) is 26.2. The fraction of sp³-hybridized carbons (Fsp3) is 0.632. The van der Waals surface area contributed by atoms with E-state index in [-0.39, 0.29) is 30.6 Å². The number of aliphatic hydroxyl groups is 1. The summed E-state index contributed by atoms with van der Waals surface area (Å²) < 4.78 is 0. The van der Waals surface area contributed by atoms with Crippen LogP contribution in [0, 0.1) is 0 Å². The molecule has 2 aliphatic heterocycles. The van der Waals surface area contributed by atoms with E-state index in [0.717, 1.165) is 19.0 Å². The van der Waals surface area contributed by atoms with Crippen LogP contribution in [0.5, 0.6) is 0 Å². The number of aliphatic imine (C=N–C) groups is 1. The highest BCUT2D eigenvalue weighted by Gasteiger charge is 2.40. The highest BCUT2D eigenvalue weighted by atomic mass is 127. The predicted octanol–water partition coefficient (Wildman–Crippen LogP) is 2.35. The number of aliphatic hydroxyl groups excluding tert-OH is 1. The molecule has 0 radical (unpaired) electrons. The number of rotatable bonds is 6. The van der Waals surface area contributed by atoms with Crippen molar-refractivity contribution in [1.82, 2.24) is 15.5 Å². The number of hydrogen-bond acceptors (Lipinski definition) is 3. The number of hydrogen-bond donors (Lipinski definition) is 3. The number of halogens is 1. The standard InChI is InChI=1S/C19H30N4O.HI/c1-2-20-19(21-10-11-24)22-16-12-17-8-9-18(13-16)23(17)14-15-6-4-3-5-7-15;/h3-7,16-18,24H,2,8-14H2,1H3,(H2,20,21,22);1H. The lowest BCUT2D eigenvalue weighted by Gasteiger charge is -2.39. The minimum absolute atomic E-state index is 0. The molecular formula is C19H31IN4O. The number of piperidine rings is 1. The molecule has 3 rings (SSSR count). The second-order valence-corrected chi connectivity index (χ2v) is 6.84. The van der Waals surface area contributed by atoms with E-state index in [1.807, 2.05) is 0 Å². The molecule has 2 fully saturated rings. The Balaban J connectivity index is 0.00000225. The smallest absolute Gasteiger partial charge is 0.191 e. The minimum Gasteiger partial charge on any atom is -0.394 e. The van der Waals surface area contributed by atoms with Crippen LogP contribution in [-0.2, 0) is 6.54 Å². The molecule has 0 saturated carbocycles. The average molecular weight is 458 g/mol. The van der Waals surface area contributed by atoms with Gasteiger partial charge in [0.25, 0.3) is 0 Å². The van der Waals surface area contributed by atoms with E-state index < -0.39 is 0 Å². The molecule has 2 bridgehead atoms. The lowest BCUT2D eigenvalue weighted by atomic mass is 9.96. The summed E-state index contributed by atoms with van der Waals surface area (Å²) in [5.41, 5.74) is 1.42. The fourth-order valence-electron chi connectivity index (χ4n) is 4.12. The zero-order chi connectivity index (χ0) is 16.8. The third-order valence-corrected chi connectivity index (χ3v) is 5.15. The topological polar surface area (TPSA) is 59.9 Å². The van der Waals surface area contributed by atoms with Gasteiger partial charge in [-0.2, -0.15) is 0 Å². The van der Waals surface area contributed by atoms with Crippen LogP contribution in [0.4, 0.5) is 0 Å². The minimum atomic E-state index is 0. The van der Waals surface area contributed by atoms with Gasteiger partial charge in [0.2, 0.25) is 0 Å².